The highest BCUT2D eigenvalue weighted by Gasteiger charge is 2.39. The molecule has 1 N–H and O–H groups in total. The lowest BCUT2D eigenvalue weighted by Gasteiger charge is -2.19. The predicted molar refractivity (Wildman–Crippen MR) is 73.1 cm³/mol. The van der Waals surface area contributed by atoms with E-state index in [-0.39, 0.29) is 24.2 Å². The van der Waals surface area contributed by atoms with Gasteiger partial charge in [-0.05, 0) is 41.5 Å². The van der Waals surface area contributed by atoms with Gasteiger partial charge in [0.2, 0.25) is 0 Å². The number of carbonyl (C=O) groups excluding carboxylic acids is 2. The molecule has 1 fully saturated rings. The predicted octanol–water partition coefficient (Wildman–Crippen LogP) is 1.51. The largest absolute Gasteiger partial charge is 0.316 e. The molecule has 2 heterocycles. The number of fused-ring (bicyclic) bond motifs is 6. The molecule has 1 aliphatic carbocycles. The Hall–Kier alpha value is -1.39. The molecule has 2 atom stereocenters. The van der Waals surface area contributed by atoms with Gasteiger partial charge in [0.15, 0.2) is 0 Å². The van der Waals surface area contributed by atoms with Crippen LogP contribution in [0.25, 0.3) is 0 Å². The number of imide groups is 1. The van der Waals surface area contributed by atoms with Crippen molar-refractivity contribution in [3.63, 3.8) is 0 Å². The molecule has 100 valence electrons. The fraction of sp³-hybridized carbons (Fsp3) is 0.429. The first-order chi connectivity index (χ1) is 8.66. The third kappa shape index (κ3) is 1.50. The van der Waals surface area contributed by atoms with E-state index in [4.69, 9.17) is 0 Å². The molecule has 19 heavy (non-hydrogen) atoms. The number of benzene rings is 1. The van der Waals surface area contributed by atoms with Crippen molar-refractivity contribution in [1.29, 1.82) is 0 Å². The van der Waals surface area contributed by atoms with E-state index in [1.165, 1.54) is 16.0 Å². The average Bonchev–Trinajstić information content (AvgIpc) is 2.77. The Bertz CT molecular complexity index is 550. The molecule has 0 saturated carbocycles. The Morgan fingerprint density at radius 1 is 1.05 bits per heavy atom. The molecule has 1 aromatic rings. The van der Waals surface area contributed by atoms with Gasteiger partial charge < -0.3 is 5.32 Å². The summed E-state index contributed by atoms with van der Waals surface area (Å²) in [6.45, 7) is 1.97. The van der Waals surface area contributed by atoms with Crippen molar-refractivity contribution < 1.29 is 9.59 Å². The number of hydrogen-bond acceptors (Lipinski definition) is 3. The van der Waals surface area contributed by atoms with Gasteiger partial charge in [-0.3, -0.25) is 14.5 Å². The van der Waals surface area contributed by atoms with Crippen LogP contribution in [0, 0.1) is 0 Å². The van der Waals surface area contributed by atoms with Gasteiger partial charge in [0.25, 0.3) is 11.8 Å². The van der Waals surface area contributed by atoms with E-state index < -0.39 is 0 Å². The Morgan fingerprint density at radius 2 is 1.53 bits per heavy atom. The van der Waals surface area contributed by atoms with Crippen LogP contribution >= 0.6 is 12.4 Å². The number of nitrogens with one attached hydrogen (secondary N) is 1. The number of amides is 2. The van der Waals surface area contributed by atoms with Crippen molar-refractivity contribution >= 4 is 24.2 Å². The van der Waals surface area contributed by atoms with Crippen molar-refractivity contribution in [2.75, 3.05) is 20.1 Å². The van der Waals surface area contributed by atoms with Gasteiger partial charge in [0.1, 0.15) is 0 Å². The maximum Gasteiger partial charge on any atom is 0.261 e. The summed E-state index contributed by atoms with van der Waals surface area (Å²) in [5.74, 6) is 0.704. The number of nitrogens with zero attached hydrogens (tertiary/aromatic N) is 1. The van der Waals surface area contributed by atoms with Gasteiger partial charge in [0.05, 0.1) is 11.1 Å². The fourth-order valence-electron chi connectivity index (χ4n) is 3.56. The van der Waals surface area contributed by atoms with Gasteiger partial charge in [0, 0.05) is 20.1 Å². The van der Waals surface area contributed by atoms with Crippen LogP contribution in [0.15, 0.2) is 12.1 Å². The van der Waals surface area contributed by atoms with Crippen molar-refractivity contribution in [2.24, 2.45) is 0 Å². The van der Waals surface area contributed by atoms with Crippen LogP contribution in [0.1, 0.15) is 50.1 Å². The number of carbonyl (C=O) groups is 2. The molecule has 1 saturated heterocycles. The summed E-state index contributed by atoms with van der Waals surface area (Å²) in [6, 6.07) is 3.93. The highest BCUT2D eigenvalue weighted by Crippen LogP contribution is 2.45. The molecule has 2 unspecified atom stereocenters. The Labute approximate surface area is 117 Å². The van der Waals surface area contributed by atoms with E-state index in [0.29, 0.717) is 23.0 Å². The number of piperidine rings is 1. The zero-order chi connectivity index (χ0) is 12.4. The summed E-state index contributed by atoms with van der Waals surface area (Å²) in [5, 5.41) is 3.42. The molecule has 2 bridgehead atoms. The summed E-state index contributed by atoms with van der Waals surface area (Å²) in [4.78, 5) is 25.2. The minimum absolute atomic E-state index is 0. The minimum Gasteiger partial charge on any atom is -0.316 e. The molecule has 4 rings (SSSR count). The average molecular weight is 279 g/mol. The molecule has 0 radical (unpaired) electrons. The van der Waals surface area contributed by atoms with Gasteiger partial charge in [-0.1, -0.05) is 0 Å². The summed E-state index contributed by atoms with van der Waals surface area (Å²) in [5.41, 5.74) is 3.74. The summed E-state index contributed by atoms with van der Waals surface area (Å²) >= 11 is 0. The summed E-state index contributed by atoms with van der Waals surface area (Å²) < 4.78 is 0. The maximum atomic E-state index is 12.0. The second-order valence-corrected chi connectivity index (χ2v) is 5.48. The fourth-order valence-corrected chi connectivity index (χ4v) is 3.56. The van der Waals surface area contributed by atoms with Gasteiger partial charge in [-0.15, -0.1) is 12.4 Å². The van der Waals surface area contributed by atoms with E-state index in [2.05, 4.69) is 5.32 Å². The Balaban J connectivity index is 0.00000110. The third-order valence-corrected chi connectivity index (χ3v) is 4.52. The van der Waals surface area contributed by atoms with Crippen LogP contribution in [-0.2, 0) is 0 Å². The molecular weight excluding hydrogens is 264 g/mol. The van der Waals surface area contributed by atoms with E-state index in [1.807, 2.05) is 12.1 Å². The first-order valence-electron chi connectivity index (χ1n) is 6.37. The molecule has 0 aromatic heterocycles. The Kier molecular flexibility index (Phi) is 2.69. The van der Waals surface area contributed by atoms with E-state index in [0.717, 1.165) is 19.5 Å². The van der Waals surface area contributed by atoms with Gasteiger partial charge in [-0.2, -0.15) is 0 Å². The lowest BCUT2D eigenvalue weighted by molar-refractivity contribution is 0.0693. The van der Waals surface area contributed by atoms with Gasteiger partial charge >= 0.3 is 0 Å². The van der Waals surface area contributed by atoms with Crippen LogP contribution in [0.2, 0.25) is 0 Å². The molecule has 5 heteroatoms. The monoisotopic (exact) mass is 278 g/mol. The van der Waals surface area contributed by atoms with Crippen molar-refractivity contribution in [1.82, 2.24) is 10.2 Å². The zero-order valence-electron chi connectivity index (χ0n) is 10.6. The van der Waals surface area contributed by atoms with Crippen LogP contribution in [0.3, 0.4) is 0 Å². The number of hydrogen-bond donors (Lipinski definition) is 1. The highest BCUT2D eigenvalue weighted by atomic mass is 35.5. The molecule has 0 spiro atoms. The smallest absolute Gasteiger partial charge is 0.261 e. The molecule has 2 amide bonds. The van der Waals surface area contributed by atoms with Crippen LogP contribution in [0.4, 0.5) is 0 Å². The molecule has 1 aromatic carbocycles. The van der Waals surface area contributed by atoms with Crippen molar-refractivity contribution in [2.45, 2.75) is 18.3 Å². The van der Waals surface area contributed by atoms with E-state index >= 15 is 0 Å². The SMILES string of the molecule is CN1C(=O)c2cc3c(cc2C1=O)C1CNCC3C1.Cl. The molecule has 2 aliphatic heterocycles. The second kappa shape index (κ2) is 4.05. The standard InChI is InChI=1S/C14H14N2O2.ClH/c1-16-13(17)11-3-9-7-2-8(6-15-5-7)10(9)4-12(11)14(16)18;/h3-4,7-8,15H,2,5-6H2,1H3;1H. The van der Waals surface area contributed by atoms with Gasteiger partial charge in [-0.25, -0.2) is 0 Å². The Morgan fingerprint density at radius 3 is 2.00 bits per heavy atom. The summed E-state index contributed by atoms with van der Waals surface area (Å²) in [7, 11) is 1.55. The van der Waals surface area contributed by atoms with Crippen molar-refractivity contribution in [3.05, 3.63) is 34.4 Å². The van der Waals surface area contributed by atoms with Crippen LogP contribution < -0.4 is 5.32 Å². The highest BCUT2D eigenvalue weighted by molar-refractivity contribution is 6.21. The topological polar surface area (TPSA) is 49.4 Å². The van der Waals surface area contributed by atoms with Crippen LogP contribution in [0.5, 0.6) is 0 Å². The molecule has 3 aliphatic rings. The first-order valence-corrected chi connectivity index (χ1v) is 6.37. The molecule has 4 nitrogen and oxygen atoms in total. The van der Waals surface area contributed by atoms with E-state index in [1.54, 1.807) is 7.05 Å². The van der Waals surface area contributed by atoms with E-state index in [9.17, 15) is 9.59 Å². The summed E-state index contributed by atoms with van der Waals surface area (Å²) in [6.07, 6.45) is 1.16. The number of halogens is 1. The minimum atomic E-state index is -0.160. The first kappa shape index (κ1) is 12.6. The van der Waals surface area contributed by atoms with Crippen molar-refractivity contribution in [3.8, 4) is 0 Å². The maximum absolute atomic E-state index is 12.0. The van der Waals surface area contributed by atoms with Crippen LogP contribution in [-0.4, -0.2) is 36.9 Å². The number of rotatable bonds is 0. The normalized spacial score (nSPS) is 27.1. The lowest BCUT2D eigenvalue weighted by Crippen LogP contribution is -2.28. The lowest BCUT2D eigenvalue weighted by atomic mass is 9.96. The molecular formula is C14H15ClN2O2. The quantitative estimate of drug-likeness (QED) is 0.732. The third-order valence-electron chi connectivity index (χ3n) is 4.52. The zero-order valence-corrected chi connectivity index (χ0v) is 11.4. The second-order valence-electron chi connectivity index (χ2n) is 5.48.